The summed E-state index contributed by atoms with van der Waals surface area (Å²) in [6.45, 7) is -0.0773. The van der Waals surface area contributed by atoms with E-state index in [0.717, 1.165) is 18.3 Å². The van der Waals surface area contributed by atoms with Crippen LogP contribution in [0.15, 0.2) is 18.3 Å². The zero-order valence-electron chi connectivity index (χ0n) is 10.4. The summed E-state index contributed by atoms with van der Waals surface area (Å²) in [7, 11) is 0. The van der Waals surface area contributed by atoms with Crippen molar-refractivity contribution in [2.45, 2.75) is 18.8 Å². The molecule has 2 aromatic heterocycles. The molecule has 8 heteroatoms. The molecule has 108 valence electrons. The molecule has 0 radical (unpaired) electrons. The molecule has 0 spiro atoms. The maximum absolute atomic E-state index is 13.1. The van der Waals surface area contributed by atoms with Gasteiger partial charge in [-0.2, -0.15) is 0 Å². The predicted molar refractivity (Wildman–Crippen MR) is 74.1 cm³/mol. The summed E-state index contributed by atoms with van der Waals surface area (Å²) in [6.07, 6.45) is -1.52. The largest absolute Gasteiger partial charge is 0.375 e. The Labute approximate surface area is 122 Å². The Morgan fingerprint density at radius 1 is 1.50 bits per heavy atom. The first-order chi connectivity index (χ1) is 9.38. The molecular formula is C12H11ClF3N3S. The lowest BCUT2D eigenvalue weighted by Crippen LogP contribution is -2.34. The Kier molecular flexibility index (Phi) is 4.19. The fourth-order valence-electron chi connectivity index (χ4n) is 1.62. The number of halogens is 4. The lowest BCUT2D eigenvalue weighted by molar-refractivity contribution is 0.0415. The molecule has 0 saturated heterocycles. The lowest BCUT2D eigenvalue weighted by atomic mass is 9.87. The molecule has 2 N–H and O–H groups in total. The molecule has 0 aliphatic carbocycles. The summed E-state index contributed by atoms with van der Waals surface area (Å²) in [5, 5.41) is 0.453. The molecule has 3 nitrogen and oxygen atoms in total. The van der Waals surface area contributed by atoms with E-state index in [0.29, 0.717) is 10.4 Å². The van der Waals surface area contributed by atoms with Crippen LogP contribution in [0.2, 0.25) is 5.15 Å². The number of anilines is 1. The highest BCUT2D eigenvalue weighted by Crippen LogP contribution is 2.37. The van der Waals surface area contributed by atoms with Crippen molar-refractivity contribution in [2.75, 3.05) is 12.4 Å². The van der Waals surface area contributed by atoms with Gasteiger partial charge in [-0.3, -0.25) is 4.98 Å². The summed E-state index contributed by atoms with van der Waals surface area (Å²) >= 11 is 7.05. The second kappa shape index (κ2) is 5.57. The Hall–Kier alpha value is -1.34. The summed E-state index contributed by atoms with van der Waals surface area (Å²) in [5.41, 5.74) is 4.10. The number of hydrogen-bond acceptors (Lipinski definition) is 4. The van der Waals surface area contributed by atoms with E-state index in [1.54, 1.807) is 6.07 Å². The van der Waals surface area contributed by atoms with Crippen molar-refractivity contribution in [3.05, 3.63) is 29.2 Å². The molecule has 0 fully saturated rings. The summed E-state index contributed by atoms with van der Waals surface area (Å²) in [6, 6.07) is 2.98. The number of nitrogens with two attached hydrogens (primary N) is 1. The molecule has 2 rings (SSSR count). The van der Waals surface area contributed by atoms with Gasteiger partial charge in [0.25, 0.3) is 6.43 Å². The maximum Gasteiger partial charge on any atom is 0.251 e. The second-order valence-corrected chi connectivity index (χ2v) is 5.84. The minimum Gasteiger partial charge on any atom is -0.375 e. The van der Waals surface area contributed by atoms with E-state index in [4.69, 9.17) is 17.3 Å². The van der Waals surface area contributed by atoms with Crippen molar-refractivity contribution in [2.24, 2.45) is 0 Å². The zero-order chi connectivity index (χ0) is 14.9. The molecule has 20 heavy (non-hydrogen) atoms. The molecule has 1 unspecified atom stereocenters. The highest BCUT2D eigenvalue weighted by atomic mass is 35.5. The molecule has 2 heterocycles. The minimum atomic E-state index is -2.86. The fraction of sp³-hybridized carbons (Fsp3) is 0.333. The van der Waals surface area contributed by atoms with E-state index in [1.807, 2.05) is 0 Å². The average molecular weight is 322 g/mol. The quantitative estimate of drug-likeness (QED) is 0.928. The Balaban J connectivity index is 2.50. The molecule has 0 aliphatic rings. The van der Waals surface area contributed by atoms with Gasteiger partial charge in [0.15, 0.2) is 5.13 Å². The van der Waals surface area contributed by atoms with E-state index >= 15 is 0 Å². The second-order valence-electron chi connectivity index (χ2n) is 4.45. The third-order valence-corrected chi connectivity index (χ3v) is 4.29. The van der Waals surface area contributed by atoms with Crippen LogP contribution in [-0.2, 0) is 5.41 Å². The van der Waals surface area contributed by atoms with E-state index < -0.39 is 18.5 Å². The smallest absolute Gasteiger partial charge is 0.251 e. The van der Waals surface area contributed by atoms with Gasteiger partial charge in [0.05, 0.1) is 16.0 Å². The highest BCUT2D eigenvalue weighted by molar-refractivity contribution is 7.19. The third kappa shape index (κ3) is 2.60. The summed E-state index contributed by atoms with van der Waals surface area (Å²) < 4.78 is 39.1. The van der Waals surface area contributed by atoms with Gasteiger partial charge in [0.1, 0.15) is 11.8 Å². The number of pyridine rings is 1. The number of nitrogen functional groups attached to an aromatic ring is 1. The van der Waals surface area contributed by atoms with Gasteiger partial charge in [-0.25, -0.2) is 18.2 Å². The van der Waals surface area contributed by atoms with Crippen molar-refractivity contribution < 1.29 is 13.2 Å². The van der Waals surface area contributed by atoms with Crippen molar-refractivity contribution in [3.63, 3.8) is 0 Å². The van der Waals surface area contributed by atoms with Crippen LogP contribution in [0.25, 0.3) is 10.4 Å². The third-order valence-electron chi connectivity index (χ3n) is 2.97. The molecule has 0 bridgehead atoms. The van der Waals surface area contributed by atoms with Gasteiger partial charge in [0, 0.05) is 6.20 Å². The van der Waals surface area contributed by atoms with Crippen LogP contribution < -0.4 is 5.73 Å². The van der Waals surface area contributed by atoms with E-state index in [9.17, 15) is 13.2 Å². The SMILES string of the molecule is CC(CF)(c1cc(-c2sc(N)nc2Cl)ccn1)C(F)F. The normalized spacial score (nSPS) is 14.5. The molecule has 2 aromatic rings. The first kappa shape index (κ1) is 15.1. The van der Waals surface area contributed by atoms with Crippen LogP contribution in [0.3, 0.4) is 0 Å². The first-order valence-corrected chi connectivity index (χ1v) is 6.80. The summed E-state index contributed by atoms with van der Waals surface area (Å²) in [5.74, 6) is 0. The monoisotopic (exact) mass is 321 g/mol. The lowest BCUT2D eigenvalue weighted by Gasteiger charge is -2.24. The van der Waals surface area contributed by atoms with Crippen molar-refractivity contribution in [3.8, 4) is 10.4 Å². The van der Waals surface area contributed by atoms with Crippen molar-refractivity contribution >= 4 is 28.1 Å². The van der Waals surface area contributed by atoms with Gasteiger partial charge in [-0.1, -0.05) is 22.9 Å². The first-order valence-electron chi connectivity index (χ1n) is 5.61. The van der Waals surface area contributed by atoms with Gasteiger partial charge in [0.2, 0.25) is 0 Å². The van der Waals surface area contributed by atoms with Crippen molar-refractivity contribution in [1.82, 2.24) is 9.97 Å². The molecule has 0 saturated carbocycles. The van der Waals surface area contributed by atoms with Crippen LogP contribution in [0.5, 0.6) is 0 Å². The summed E-state index contributed by atoms with van der Waals surface area (Å²) in [4.78, 5) is 8.25. The Morgan fingerprint density at radius 3 is 2.70 bits per heavy atom. The number of rotatable bonds is 4. The van der Waals surface area contributed by atoms with Gasteiger partial charge in [-0.15, -0.1) is 0 Å². The van der Waals surface area contributed by atoms with Crippen LogP contribution >= 0.6 is 22.9 Å². The van der Waals surface area contributed by atoms with Crippen LogP contribution in [0, 0.1) is 0 Å². The Bertz CT molecular complexity index is 620. The number of hydrogen-bond donors (Lipinski definition) is 1. The van der Waals surface area contributed by atoms with Crippen molar-refractivity contribution in [1.29, 1.82) is 0 Å². The Morgan fingerprint density at radius 2 is 2.20 bits per heavy atom. The van der Waals surface area contributed by atoms with Crippen LogP contribution in [0.1, 0.15) is 12.6 Å². The van der Waals surface area contributed by atoms with Gasteiger partial charge in [-0.05, 0) is 24.6 Å². The molecule has 1 atom stereocenters. The van der Waals surface area contributed by atoms with Crippen LogP contribution in [0.4, 0.5) is 18.3 Å². The average Bonchev–Trinajstić information content (AvgIpc) is 2.76. The highest BCUT2D eigenvalue weighted by Gasteiger charge is 2.38. The number of aromatic nitrogens is 2. The van der Waals surface area contributed by atoms with E-state index in [-0.39, 0.29) is 16.0 Å². The standard InChI is InChI=1S/C12H11ClF3N3S/c1-12(5-14,10(15)16)7-4-6(2-3-18-7)8-9(13)19-11(17)20-8/h2-4,10H,5H2,1H3,(H2,17,19). The number of alkyl halides is 3. The van der Waals surface area contributed by atoms with E-state index in [2.05, 4.69) is 9.97 Å². The minimum absolute atomic E-state index is 0.0319. The zero-order valence-corrected chi connectivity index (χ0v) is 12.0. The van der Waals surface area contributed by atoms with Crippen LogP contribution in [-0.4, -0.2) is 23.1 Å². The van der Waals surface area contributed by atoms with Gasteiger partial charge >= 0.3 is 0 Å². The fourth-order valence-corrected chi connectivity index (χ4v) is 2.70. The van der Waals surface area contributed by atoms with Gasteiger partial charge < -0.3 is 5.73 Å². The topological polar surface area (TPSA) is 51.8 Å². The number of thiazole rings is 1. The predicted octanol–water partition coefficient (Wildman–Crippen LogP) is 3.93. The molecule has 0 aromatic carbocycles. The van der Waals surface area contributed by atoms with E-state index in [1.165, 1.54) is 12.3 Å². The number of nitrogens with zero attached hydrogens (tertiary/aromatic N) is 2. The molecule has 0 aliphatic heterocycles. The molecule has 0 amide bonds. The maximum atomic E-state index is 13.1. The molecular weight excluding hydrogens is 311 g/mol.